The van der Waals surface area contributed by atoms with Gasteiger partial charge in [-0.2, -0.15) is 0 Å². The normalized spacial score (nSPS) is 16.7. The first-order chi connectivity index (χ1) is 16.5. The molecule has 5 rings (SSSR count). The van der Waals surface area contributed by atoms with Crippen LogP contribution in [-0.2, 0) is 20.7 Å². The molecule has 0 radical (unpaired) electrons. The first-order valence-electron chi connectivity index (χ1n) is 11.4. The molecule has 0 unspecified atom stereocenters. The van der Waals surface area contributed by atoms with Gasteiger partial charge in [-0.15, -0.1) is 0 Å². The van der Waals surface area contributed by atoms with Crippen LogP contribution in [0.2, 0.25) is 0 Å². The molecular formula is C27H24N2O5. The zero-order chi connectivity index (χ0) is 23.8. The van der Waals surface area contributed by atoms with Gasteiger partial charge in [-0.3, -0.25) is 24.1 Å². The third kappa shape index (κ3) is 3.73. The number of fused-ring (bicyclic) bond motifs is 1. The van der Waals surface area contributed by atoms with Gasteiger partial charge in [-0.05, 0) is 48.9 Å². The highest BCUT2D eigenvalue weighted by molar-refractivity contribution is 6.25. The average molecular weight is 456 g/mol. The van der Waals surface area contributed by atoms with E-state index in [1.165, 1.54) is 4.90 Å². The van der Waals surface area contributed by atoms with Gasteiger partial charge in [0.2, 0.25) is 0 Å². The maximum Gasteiger partial charge on any atom is 0.306 e. The van der Waals surface area contributed by atoms with Crippen molar-refractivity contribution in [1.82, 2.24) is 4.90 Å². The molecule has 2 aliphatic heterocycles. The van der Waals surface area contributed by atoms with Crippen LogP contribution in [-0.4, -0.2) is 47.8 Å². The smallest absolute Gasteiger partial charge is 0.306 e. The van der Waals surface area contributed by atoms with Crippen LogP contribution in [0.3, 0.4) is 0 Å². The number of rotatable bonds is 6. The minimum Gasteiger partial charge on any atom is -0.456 e. The Morgan fingerprint density at radius 1 is 0.941 bits per heavy atom. The number of carbonyl (C=O) groups excluding carboxylic acids is 4. The number of hydrogen-bond acceptors (Lipinski definition) is 5. The molecule has 0 aromatic heterocycles. The molecule has 3 aromatic carbocycles. The largest absolute Gasteiger partial charge is 0.456 e. The van der Waals surface area contributed by atoms with Crippen molar-refractivity contribution in [2.75, 3.05) is 18.1 Å². The van der Waals surface area contributed by atoms with E-state index in [1.54, 1.807) is 29.2 Å². The maximum atomic E-state index is 12.9. The van der Waals surface area contributed by atoms with Crippen molar-refractivity contribution >= 4 is 40.2 Å². The molecule has 0 bridgehead atoms. The molecule has 0 saturated heterocycles. The average Bonchev–Trinajstić information content (AvgIpc) is 3.18. The van der Waals surface area contributed by atoms with Crippen molar-refractivity contribution in [1.29, 1.82) is 0 Å². The lowest BCUT2D eigenvalue weighted by Gasteiger charge is -2.27. The summed E-state index contributed by atoms with van der Waals surface area (Å²) in [6.45, 7) is 1.72. The van der Waals surface area contributed by atoms with Crippen LogP contribution in [0.5, 0.6) is 0 Å². The Bertz CT molecular complexity index is 1280. The minimum atomic E-state index is -0.534. The van der Waals surface area contributed by atoms with Crippen LogP contribution in [0, 0.1) is 0 Å². The number of benzene rings is 3. The third-order valence-electron chi connectivity index (χ3n) is 6.45. The topological polar surface area (TPSA) is 84.0 Å². The summed E-state index contributed by atoms with van der Waals surface area (Å²) in [6, 6.07) is 18.5. The Balaban J connectivity index is 1.16. The molecular weight excluding hydrogens is 432 g/mol. The molecule has 2 heterocycles. The molecule has 172 valence electrons. The Labute approximate surface area is 196 Å². The SMILES string of the molecule is C[C@H]1Cc2ccccc2N1C(=O)COC(=O)CCCN1C(=O)c2cccc3cccc(c23)C1=O. The standard InChI is InChI=1S/C27H24N2O5/c1-17-15-19-7-2-3-12-22(19)29(17)23(30)16-34-24(31)13-6-14-28-26(32)20-10-4-8-18-9-5-11-21(25(18)20)27(28)33/h2-5,7-12,17H,6,13-16H2,1H3/t17-/m0/s1. The van der Waals surface area contributed by atoms with E-state index in [2.05, 4.69) is 0 Å². The van der Waals surface area contributed by atoms with E-state index in [0.717, 1.165) is 23.1 Å². The van der Waals surface area contributed by atoms with E-state index in [-0.39, 0.29) is 49.8 Å². The predicted molar refractivity (Wildman–Crippen MR) is 127 cm³/mol. The van der Waals surface area contributed by atoms with Gasteiger partial charge in [0, 0.05) is 41.2 Å². The number of anilines is 1. The van der Waals surface area contributed by atoms with Crippen molar-refractivity contribution in [3.63, 3.8) is 0 Å². The second kappa shape index (κ2) is 8.74. The van der Waals surface area contributed by atoms with E-state index >= 15 is 0 Å². The molecule has 0 aliphatic carbocycles. The Kier molecular flexibility index (Phi) is 5.61. The number of amides is 3. The fourth-order valence-electron chi connectivity index (χ4n) is 4.89. The van der Waals surface area contributed by atoms with Gasteiger partial charge in [-0.25, -0.2) is 0 Å². The van der Waals surface area contributed by atoms with Gasteiger partial charge in [0.15, 0.2) is 6.61 Å². The lowest BCUT2D eigenvalue weighted by Crippen LogP contribution is -2.41. The summed E-state index contributed by atoms with van der Waals surface area (Å²) >= 11 is 0. The van der Waals surface area contributed by atoms with Crippen LogP contribution < -0.4 is 4.90 Å². The number of carbonyl (C=O) groups is 4. The summed E-state index contributed by atoms with van der Waals surface area (Å²) < 4.78 is 5.21. The zero-order valence-electron chi connectivity index (χ0n) is 18.8. The summed E-state index contributed by atoms with van der Waals surface area (Å²) in [5, 5.41) is 1.52. The van der Waals surface area contributed by atoms with E-state index in [9.17, 15) is 19.2 Å². The van der Waals surface area contributed by atoms with Gasteiger partial charge in [0.05, 0.1) is 0 Å². The fourth-order valence-corrected chi connectivity index (χ4v) is 4.89. The van der Waals surface area contributed by atoms with Crippen LogP contribution in [0.4, 0.5) is 5.69 Å². The van der Waals surface area contributed by atoms with Gasteiger partial charge in [-0.1, -0.05) is 42.5 Å². The second-order valence-electron chi connectivity index (χ2n) is 8.68. The van der Waals surface area contributed by atoms with Crippen molar-refractivity contribution in [3.8, 4) is 0 Å². The molecule has 1 atom stereocenters. The number of imide groups is 1. The molecule has 0 fully saturated rings. The number of para-hydroxylation sites is 1. The number of esters is 1. The lowest BCUT2D eigenvalue weighted by atomic mass is 9.94. The molecule has 3 aromatic rings. The Morgan fingerprint density at radius 3 is 2.32 bits per heavy atom. The van der Waals surface area contributed by atoms with Gasteiger partial charge in [0.1, 0.15) is 0 Å². The molecule has 3 amide bonds. The van der Waals surface area contributed by atoms with Crippen molar-refractivity contribution in [3.05, 3.63) is 77.4 Å². The molecule has 0 N–H and O–H groups in total. The van der Waals surface area contributed by atoms with Gasteiger partial charge in [0.25, 0.3) is 17.7 Å². The highest BCUT2D eigenvalue weighted by Gasteiger charge is 2.33. The molecule has 0 saturated carbocycles. The summed E-state index contributed by atoms with van der Waals surface area (Å²) in [4.78, 5) is 53.6. The van der Waals surface area contributed by atoms with Crippen LogP contribution in [0.25, 0.3) is 10.8 Å². The highest BCUT2D eigenvalue weighted by Crippen LogP contribution is 2.32. The highest BCUT2D eigenvalue weighted by atomic mass is 16.5. The number of hydrogen-bond donors (Lipinski definition) is 0. The van der Waals surface area contributed by atoms with E-state index in [4.69, 9.17) is 4.74 Å². The minimum absolute atomic E-state index is 0.00231. The van der Waals surface area contributed by atoms with Crippen molar-refractivity contribution < 1.29 is 23.9 Å². The monoisotopic (exact) mass is 456 g/mol. The first kappa shape index (κ1) is 21.8. The van der Waals surface area contributed by atoms with Crippen LogP contribution in [0.15, 0.2) is 60.7 Å². The first-order valence-corrected chi connectivity index (χ1v) is 11.4. The quantitative estimate of drug-likeness (QED) is 0.417. The van der Waals surface area contributed by atoms with E-state index in [0.29, 0.717) is 16.5 Å². The molecule has 7 heteroatoms. The zero-order valence-corrected chi connectivity index (χ0v) is 18.8. The lowest BCUT2D eigenvalue weighted by molar-refractivity contribution is -0.148. The Hall–Kier alpha value is -4.00. The molecule has 2 aliphatic rings. The number of ether oxygens (including phenoxy) is 1. The van der Waals surface area contributed by atoms with E-state index < -0.39 is 5.97 Å². The molecule has 0 spiro atoms. The van der Waals surface area contributed by atoms with Gasteiger partial charge >= 0.3 is 5.97 Å². The summed E-state index contributed by atoms with van der Waals surface area (Å²) in [7, 11) is 0. The number of nitrogens with zero attached hydrogens (tertiary/aromatic N) is 2. The maximum absolute atomic E-state index is 12.9. The fraction of sp³-hybridized carbons (Fsp3) is 0.259. The van der Waals surface area contributed by atoms with Crippen LogP contribution >= 0.6 is 0 Å². The van der Waals surface area contributed by atoms with E-state index in [1.807, 2.05) is 43.3 Å². The summed E-state index contributed by atoms with van der Waals surface area (Å²) in [5.74, 6) is -1.52. The molecule has 34 heavy (non-hydrogen) atoms. The van der Waals surface area contributed by atoms with Crippen LogP contribution in [0.1, 0.15) is 46.0 Å². The van der Waals surface area contributed by atoms with Crippen molar-refractivity contribution in [2.24, 2.45) is 0 Å². The third-order valence-corrected chi connectivity index (χ3v) is 6.45. The summed E-state index contributed by atoms with van der Waals surface area (Å²) in [5.41, 5.74) is 2.93. The predicted octanol–water partition coefficient (Wildman–Crippen LogP) is 3.74. The summed E-state index contributed by atoms with van der Waals surface area (Å²) in [6.07, 6.45) is 1.03. The van der Waals surface area contributed by atoms with Crippen molar-refractivity contribution in [2.45, 2.75) is 32.2 Å². The second-order valence-corrected chi connectivity index (χ2v) is 8.68. The Morgan fingerprint density at radius 2 is 1.62 bits per heavy atom. The molecule has 7 nitrogen and oxygen atoms in total. The van der Waals surface area contributed by atoms with Gasteiger partial charge < -0.3 is 9.64 Å².